The van der Waals surface area contributed by atoms with Crippen LogP contribution >= 0.6 is 0 Å². The van der Waals surface area contributed by atoms with E-state index in [4.69, 9.17) is 5.84 Å². The van der Waals surface area contributed by atoms with E-state index >= 15 is 0 Å². The molecule has 2 unspecified atom stereocenters. The molecule has 1 heterocycles. The first-order valence-corrected chi connectivity index (χ1v) is 6.53. The standard InChI is InChI=1S/C14H21N3O/c1-10-4-3-5-11(2)17(10)14(18)12-6-8-13(16-15)9-7-12/h6-11,16H,3-5,15H2,1-2H3. The Morgan fingerprint density at radius 2 is 1.78 bits per heavy atom. The van der Waals surface area contributed by atoms with E-state index in [1.807, 2.05) is 29.2 Å². The number of hydrogen-bond acceptors (Lipinski definition) is 3. The molecule has 1 amide bonds. The van der Waals surface area contributed by atoms with Crippen LogP contribution in [-0.4, -0.2) is 22.9 Å². The molecular formula is C14H21N3O. The van der Waals surface area contributed by atoms with Crippen molar-refractivity contribution in [3.05, 3.63) is 29.8 Å². The Kier molecular flexibility index (Phi) is 3.87. The minimum atomic E-state index is 0.123. The lowest BCUT2D eigenvalue weighted by atomic mass is 9.96. The second-order valence-corrected chi connectivity index (χ2v) is 5.06. The van der Waals surface area contributed by atoms with Gasteiger partial charge in [-0.05, 0) is 57.4 Å². The number of carbonyl (C=O) groups excluding carboxylic acids is 1. The van der Waals surface area contributed by atoms with Crippen molar-refractivity contribution in [1.82, 2.24) is 4.90 Å². The Hall–Kier alpha value is -1.55. The number of carbonyl (C=O) groups is 1. The van der Waals surface area contributed by atoms with Crippen LogP contribution in [0, 0.1) is 0 Å². The molecule has 4 nitrogen and oxygen atoms in total. The van der Waals surface area contributed by atoms with Crippen molar-refractivity contribution in [2.75, 3.05) is 5.43 Å². The summed E-state index contributed by atoms with van der Waals surface area (Å²) in [4.78, 5) is 14.5. The summed E-state index contributed by atoms with van der Waals surface area (Å²) < 4.78 is 0. The van der Waals surface area contributed by atoms with E-state index in [1.54, 1.807) is 0 Å². The number of nitrogens with two attached hydrogens (primary N) is 1. The first-order valence-electron chi connectivity index (χ1n) is 6.53. The van der Waals surface area contributed by atoms with Crippen LogP contribution < -0.4 is 11.3 Å². The maximum atomic E-state index is 12.5. The van der Waals surface area contributed by atoms with Gasteiger partial charge >= 0.3 is 0 Å². The number of likely N-dealkylation sites (tertiary alicyclic amines) is 1. The highest BCUT2D eigenvalue weighted by Crippen LogP contribution is 2.24. The molecule has 4 heteroatoms. The van der Waals surface area contributed by atoms with Crippen LogP contribution in [0.3, 0.4) is 0 Å². The summed E-state index contributed by atoms with van der Waals surface area (Å²) in [7, 11) is 0. The van der Waals surface area contributed by atoms with Gasteiger partial charge in [-0.25, -0.2) is 0 Å². The summed E-state index contributed by atoms with van der Waals surface area (Å²) in [5.74, 6) is 5.44. The highest BCUT2D eigenvalue weighted by Gasteiger charge is 2.29. The van der Waals surface area contributed by atoms with E-state index in [0.717, 1.165) is 24.1 Å². The molecule has 98 valence electrons. The molecule has 2 atom stereocenters. The zero-order valence-corrected chi connectivity index (χ0v) is 11.0. The second-order valence-electron chi connectivity index (χ2n) is 5.06. The molecule has 3 N–H and O–H groups in total. The monoisotopic (exact) mass is 247 g/mol. The first-order chi connectivity index (χ1) is 8.63. The molecule has 1 aliphatic rings. The Morgan fingerprint density at radius 1 is 1.22 bits per heavy atom. The summed E-state index contributed by atoms with van der Waals surface area (Å²) in [6.07, 6.45) is 3.40. The lowest BCUT2D eigenvalue weighted by molar-refractivity contribution is 0.0511. The van der Waals surface area contributed by atoms with Crippen LogP contribution in [-0.2, 0) is 0 Å². The van der Waals surface area contributed by atoms with E-state index < -0.39 is 0 Å². The lowest BCUT2D eigenvalue weighted by Crippen LogP contribution is -2.47. The molecule has 18 heavy (non-hydrogen) atoms. The minimum absolute atomic E-state index is 0.123. The van der Waals surface area contributed by atoms with Crippen molar-refractivity contribution in [3.8, 4) is 0 Å². The first kappa shape index (κ1) is 12.9. The topological polar surface area (TPSA) is 58.4 Å². The van der Waals surface area contributed by atoms with Gasteiger partial charge in [0.2, 0.25) is 0 Å². The largest absolute Gasteiger partial charge is 0.333 e. The minimum Gasteiger partial charge on any atom is -0.333 e. The normalized spacial score (nSPS) is 23.8. The number of nitrogen functional groups attached to an aromatic ring is 1. The van der Waals surface area contributed by atoms with Crippen molar-refractivity contribution < 1.29 is 4.79 Å². The fourth-order valence-electron chi connectivity index (χ4n) is 2.68. The molecule has 1 aromatic rings. The fourth-order valence-corrected chi connectivity index (χ4v) is 2.68. The molecule has 0 spiro atoms. The van der Waals surface area contributed by atoms with Crippen molar-refractivity contribution >= 4 is 11.6 Å². The van der Waals surface area contributed by atoms with Crippen LogP contribution in [0.1, 0.15) is 43.5 Å². The number of rotatable bonds is 2. The average molecular weight is 247 g/mol. The third-order valence-corrected chi connectivity index (χ3v) is 3.73. The van der Waals surface area contributed by atoms with Crippen molar-refractivity contribution in [2.24, 2.45) is 5.84 Å². The van der Waals surface area contributed by atoms with Crippen molar-refractivity contribution in [1.29, 1.82) is 0 Å². The molecule has 0 aliphatic carbocycles. The van der Waals surface area contributed by atoms with Crippen LogP contribution in [0.4, 0.5) is 5.69 Å². The predicted octanol–water partition coefficient (Wildman–Crippen LogP) is 2.38. The van der Waals surface area contributed by atoms with Gasteiger partial charge in [-0.15, -0.1) is 0 Å². The van der Waals surface area contributed by atoms with Gasteiger partial charge in [-0.2, -0.15) is 0 Å². The van der Waals surface area contributed by atoms with Crippen LogP contribution in [0.15, 0.2) is 24.3 Å². The maximum Gasteiger partial charge on any atom is 0.254 e. The third-order valence-electron chi connectivity index (χ3n) is 3.73. The Bertz CT molecular complexity index is 406. The van der Waals surface area contributed by atoms with Gasteiger partial charge in [0.1, 0.15) is 0 Å². The van der Waals surface area contributed by atoms with Gasteiger partial charge in [-0.3, -0.25) is 10.6 Å². The van der Waals surface area contributed by atoms with Crippen molar-refractivity contribution in [3.63, 3.8) is 0 Å². The molecule has 1 saturated heterocycles. The van der Waals surface area contributed by atoms with Crippen LogP contribution in [0.2, 0.25) is 0 Å². The lowest BCUT2D eigenvalue weighted by Gasteiger charge is -2.39. The van der Waals surface area contributed by atoms with Crippen molar-refractivity contribution in [2.45, 2.75) is 45.2 Å². The number of amides is 1. The van der Waals surface area contributed by atoms with E-state index in [9.17, 15) is 4.79 Å². The number of nitrogens with one attached hydrogen (secondary N) is 1. The quantitative estimate of drug-likeness (QED) is 0.623. The molecule has 1 aromatic carbocycles. The van der Waals surface area contributed by atoms with E-state index in [2.05, 4.69) is 19.3 Å². The number of nitrogens with zero attached hydrogens (tertiary/aromatic N) is 1. The Labute approximate surface area is 108 Å². The number of benzene rings is 1. The maximum absolute atomic E-state index is 12.5. The highest BCUT2D eigenvalue weighted by molar-refractivity contribution is 5.95. The summed E-state index contributed by atoms with van der Waals surface area (Å²) in [5.41, 5.74) is 4.11. The smallest absolute Gasteiger partial charge is 0.254 e. The predicted molar refractivity (Wildman–Crippen MR) is 73.2 cm³/mol. The SMILES string of the molecule is CC1CCCC(C)N1C(=O)c1ccc(NN)cc1. The summed E-state index contributed by atoms with van der Waals surface area (Å²) in [6.45, 7) is 4.26. The molecular weight excluding hydrogens is 226 g/mol. The average Bonchev–Trinajstić information content (AvgIpc) is 2.38. The summed E-state index contributed by atoms with van der Waals surface area (Å²) >= 11 is 0. The molecule has 1 fully saturated rings. The third kappa shape index (κ3) is 2.48. The van der Waals surface area contributed by atoms with Gasteiger partial charge in [0.15, 0.2) is 0 Å². The van der Waals surface area contributed by atoms with Gasteiger partial charge in [0.25, 0.3) is 5.91 Å². The zero-order chi connectivity index (χ0) is 13.1. The van der Waals surface area contributed by atoms with E-state index in [-0.39, 0.29) is 5.91 Å². The zero-order valence-electron chi connectivity index (χ0n) is 11.0. The molecule has 0 saturated carbocycles. The molecule has 0 radical (unpaired) electrons. The van der Waals surface area contributed by atoms with E-state index in [0.29, 0.717) is 12.1 Å². The summed E-state index contributed by atoms with van der Waals surface area (Å²) in [6, 6.07) is 7.96. The molecule has 2 rings (SSSR count). The molecule has 1 aliphatic heterocycles. The number of piperidine rings is 1. The van der Waals surface area contributed by atoms with Crippen LogP contribution in [0.5, 0.6) is 0 Å². The van der Waals surface area contributed by atoms with Crippen LogP contribution in [0.25, 0.3) is 0 Å². The van der Waals surface area contributed by atoms with Gasteiger partial charge in [-0.1, -0.05) is 0 Å². The number of anilines is 1. The number of hydrogen-bond donors (Lipinski definition) is 2. The Balaban J connectivity index is 2.18. The van der Waals surface area contributed by atoms with Gasteiger partial charge < -0.3 is 10.3 Å². The Morgan fingerprint density at radius 3 is 2.28 bits per heavy atom. The molecule has 0 bridgehead atoms. The highest BCUT2D eigenvalue weighted by atomic mass is 16.2. The van der Waals surface area contributed by atoms with Gasteiger partial charge in [0.05, 0.1) is 0 Å². The van der Waals surface area contributed by atoms with Gasteiger partial charge in [0, 0.05) is 23.3 Å². The second kappa shape index (κ2) is 5.40. The van der Waals surface area contributed by atoms with E-state index in [1.165, 1.54) is 6.42 Å². The fraction of sp³-hybridized carbons (Fsp3) is 0.500. The molecule has 0 aromatic heterocycles. The summed E-state index contributed by atoms with van der Waals surface area (Å²) in [5, 5.41) is 0. The number of hydrazine groups is 1.